The Morgan fingerprint density at radius 1 is 1.44 bits per heavy atom. The maximum Gasteiger partial charge on any atom is 0.188 e. The molecule has 1 aliphatic heterocycles. The third kappa shape index (κ3) is 5.06. The molecular formula is C13H27N5. The van der Waals surface area contributed by atoms with Crippen LogP contribution in [0.3, 0.4) is 0 Å². The average molecular weight is 253 g/mol. The third-order valence-electron chi connectivity index (χ3n) is 3.43. The van der Waals surface area contributed by atoms with Crippen molar-refractivity contribution in [3.63, 3.8) is 0 Å². The summed E-state index contributed by atoms with van der Waals surface area (Å²) in [7, 11) is 0. The standard InChI is InChI=1S/C13H27N5/c1-4-6-15-13(14)16-11-12(3)18-9-7-17(5-2)8-10-18/h4,12H,1,5-11H2,2-3H3,(H3,14,15,16). The van der Waals surface area contributed by atoms with Gasteiger partial charge in [-0.15, -0.1) is 6.58 Å². The molecule has 1 saturated heterocycles. The van der Waals surface area contributed by atoms with Crippen molar-refractivity contribution in [3.05, 3.63) is 12.7 Å². The second-order valence-electron chi connectivity index (χ2n) is 4.71. The van der Waals surface area contributed by atoms with Crippen LogP contribution in [0.1, 0.15) is 13.8 Å². The van der Waals surface area contributed by atoms with E-state index in [-0.39, 0.29) is 0 Å². The van der Waals surface area contributed by atoms with Crippen LogP contribution in [0.2, 0.25) is 0 Å². The first-order valence-corrected chi connectivity index (χ1v) is 6.78. The number of likely N-dealkylation sites (N-methyl/N-ethyl adjacent to an activating group) is 1. The zero-order valence-corrected chi connectivity index (χ0v) is 11.7. The molecule has 0 aliphatic carbocycles. The first-order valence-electron chi connectivity index (χ1n) is 6.78. The first kappa shape index (κ1) is 15.0. The van der Waals surface area contributed by atoms with Crippen molar-refractivity contribution in [1.29, 1.82) is 0 Å². The van der Waals surface area contributed by atoms with Gasteiger partial charge in [-0.25, -0.2) is 0 Å². The Morgan fingerprint density at radius 2 is 2.11 bits per heavy atom. The number of rotatable bonds is 6. The van der Waals surface area contributed by atoms with Gasteiger partial charge in [0.2, 0.25) is 0 Å². The summed E-state index contributed by atoms with van der Waals surface area (Å²) in [6, 6.07) is 0.452. The minimum absolute atomic E-state index is 0.452. The van der Waals surface area contributed by atoms with Gasteiger partial charge in [0.1, 0.15) is 0 Å². The summed E-state index contributed by atoms with van der Waals surface area (Å²) >= 11 is 0. The Labute approximate surface area is 111 Å². The van der Waals surface area contributed by atoms with Crippen molar-refractivity contribution < 1.29 is 0 Å². The van der Waals surface area contributed by atoms with Gasteiger partial charge in [0, 0.05) is 38.8 Å². The molecule has 104 valence electrons. The fraction of sp³-hybridized carbons (Fsp3) is 0.769. The molecule has 0 spiro atoms. The van der Waals surface area contributed by atoms with Crippen molar-refractivity contribution in [2.75, 3.05) is 45.8 Å². The van der Waals surface area contributed by atoms with Crippen molar-refractivity contribution in [2.24, 2.45) is 10.7 Å². The molecule has 5 heteroatoms. The minimum atomic E-state index is 0.452. The summed E-state index contributed by atoms with van der Waals surface area (Å²) in [5, 5.41) is 2.99. The fourth-order valence-corrected chi connectivity index (χ4v) is 2.10. The maximum atomic E-state index is 5.75. The number of aliphatic imine (C=N–C) groups is 1. The highest BCUT2D eigenvalue weighted by atomic mass is 15.3. The van der Waals surface area contributed by atoms with Gasteiger partial charge < -0.3 is 16.0 Å². The van der Waals surface area contributed by atoms with E-state index in [1.54, 1.807) is 6.08 Å². The van der Waals surface area contributed by atoms with Gasteiger partial charge in [0.25, 0.3) is 0 Å². The summed E-state index contributed by atoms with van der Waals surface area (Å²) < 4.78 is 0. The van der Waals surface area contributed by atoms with Crippen LogP contribution in [0.4, 0.5) is 0 Å². The lowest BCUT2D eigenvalue weighted by atomic mass is 10.2. The fourth-order valence-electron chi connectivity index (χ4n) is 2.10. The molecule has 1 fully saturated rings. The molecule has 5 nitrogen and oxygen atoms in total. The average Bonchev–Trinajstić information content (AvgIpc) is 2.42. The van der Waals surface area contributed by atoms with Gasteiger partial charge in [-0.3, -0.25) is 9.89 Å². The van der Waals surface area contributed by atoms with E-state index in [1.165, 1.54) is 0 Å². The molecule has 3 N–H and O–H groups in total. The second kappa shape index (κ2) is 8.11. The molecule has 0 aromatic rings. The van der Waals surface area contributed by atoms with E-state index in [9.17, 15) is 0 Å². The van der Waals surface area contributed by atoms with Gasteiger partial charge in [-0.05, 0) is 13.5 Å². The highest BCUT2D eigenvalue weighted by Crippen LogP contribution is 2.06. The van der Waals surface area contributed by atoms with Crippen molar-refractivity contribution in [3.8, 4) is 0 Å². The zero-order valence-electron chi connectivity index (χ0n) is 11.7. The SMILES string of the molecule is C=CCNC(N)=NCC(C)N1CCN(CC)CC1. The Morgan fingerprint density at radius 3 is 2.67 bits per heavy atom. The molecule has 1 atom stereocenters. The Hall–Kier alpha value is -1.07. The number of hydrogen-bond acceptors (Lipinski definition) is 3. The van der Waals surface area contributed by atoms with E-state index in [0.29, 0.717) is 18.5 Å². The van der Waals surface area contributed by atoms with E-state index in [4.69, 9.17) is 5.73 Å². The third-order valence-corrected chi connectivity index (χ3v) is 3.43. The summed E-state index contributed by atoms with van der Waals surface area (Å²) in [5.74, 6) is 0.508. The summed E-state index contributed by atoms with van der Waals surface area (Å²) in [6.07, 6.45) is 1.77. The van der Waals surface area contributed by atoms with Crippen molar-refractivity contribution >= 4 is 5.96 Å². The van der Waals surface area contributed by atoms with Gasteiger partial charge in [0.05, 0.1) is 6.54 Å². The van der Waals surface area contributed by atoms with Crippen LogP contribution in [0.25, 0.3) is 0 Å². The highest BCUT2D eigenvalue weighted by Gasteiger charge is 2.19. The molecule has 0 amide bonds. The summed E-state index contributed by atoms with van der Waals surface area (Å²) in [5.41, 5.74) is 5.75. The van der Waals surface area contributed by atoms with E-state index in [1.807, 2.05) is 0 Å². The van der Waals surface area contributed by atoms with Crippen LogP contribution >= 0.6 is 0 Å². The lowest BCUT2D eigenvalue weighted by Crippen LogP contribution is -2.50. The topological polar surface area (TPSA) is 56.9 Å². The number of nitrogens with two attached hydrogens (primary N) is 1. The number of nitrogens with zero attached hydrogens (tertiary/aromatic N) is 3. The van der Waals surface area contributed by atoms with Crippen LogP contribution in [-0.4, -0.2) is 67.6 Å². The Balaban J connectivity index is 2.28. The van der Waals surface area contributed by atoms with Crippen LogP contribution in [-0.2, 0) is 0 Å². The molecule has 1 unspecified atom stereocenters. The van der Waals surface area contributed by atoms with Crippen molar-refractivity contribution in [1.82, 2.24) is 15.1 Å². The van der Waals surface area contributed by atoms with Crippen LogP contribution in [0.15, 0.2) is 17.6 Å². The number of guanidine groups is 1. The lowest BCUT2D eigenvalue weighted by Gasteiger charge is -2.37. The second-order valence-corrected chi connectivity index (χ2v) is 4.71. The van der Waals surface area contributed by atoms with Crippen molar-refractivity contribution in [2.45, 2.75) is 19.9 Å². The van der Waals surface area contributed by atoms with Gasteiger partial charge >= 0.3 is 0 Å². The highest BCUT2D eigenvalue weighted by molar-refractivity contribution is 5.77. The molecule has 1 rings (SSSR count). The predicted molar refractivity (Wildman–Crippen MR) is 77.8 cm³/mol. The first-order chi connectivity index (χ1) is 8.67. The van der Waals surface area contributed by atoms with E-state index in [2.05, 4.69) is 40.5 Å². The van der Waals surface area contributed by atoms with E-state index >= 15 is 0 Å². The van der Waals surface area contributed by atoms with Crippen LogP contribution < -0.4 is 11.1 Å². The summed E-state index contributed by atoms with van der Waals surface area (Å²) in [4.78, 5) is 9.32. The molecular weight excluding hydrogens is 226 g/mol. The largest absolute Gasteiger partial charge is 0.370 e. The Kier molecular flexibility index (Phi) is 6.75. The normalized spacial score (nSPS) is 20.7. The molecule has 0 saturated carbocycles. The number of piperazine rings is 1. The number of nitrogens with one attached hydrogen (secondary N) is 1. The zero-order chi connectivity index (χ0) is 13.4. The smallest absolute Gasteiger partial charge is 0.188 e. The molecule has 0 bridgehead atoms. The lowest BCUT2D eigenvalue weighted by molar-refractivity contribution is 0.109. The minimum Gasteiger partial charge on any atom is -0.370 e. The monoisotopic (exact) mass is 253 g/mol. The van der Waals surface area contributed by atoms with Gasteiger partial charge in [0.15, 0.2) is 5.96 Å². The Bertz CT molecular complexity index is 269. The number of hydrogen-bond donors (Lipinski definition) is 2. The molecule has 1 aliphatic rings. The van der Waals surface area contributed by atoms with E-state index < -0.39 is 0 Å². The molecule has 1 heterocycles. The molecule has 0 radical (unpaired) electrons. The maximum absolute atomic E-state index is 5.75. The molecule has 0 aromatic carbocycles. The molecule has 18 heavy (non-hydrogen) atoms. The van der Waals surface area contributed by atoms with Gasteiger partial charge in [-0.1, -0.05) is 13.0 Å². The van der Waals surface area contributed by atoms with E-state index in [0.717, 1.165) is 39.3 Å². The summed E-state index contributed by atoms with van der Waals surface area (Å²) in [6.45, 7) is 15.2. The predicted octanol–water partition coefficient (Wildman–Crippen LogP) is 0.103. The molecule has 0 aromatic heterocycles. The van der Waals surface area contributed by atoms with Gasteiger partial charge in [-0.2, -0.15) is 0 Å². The van der Waals surface area contributed by atoms with Crippen LogP contribution in [0, 0.1) is 0 Å². The van der Waals surface area contributed by atoms with Crippen LogP contribution in [0.5, 0.6) is 0 Å². The quantitative estimate of drug-likeness (QED) is 0.400.